The van der Waals surface area contributed by atoms with Crippen LogP contribution in [0.5, 0.6) is 0 Å². The van der Waals surface area contributed by atoms with E-state index in [0.717, 1.165) is 29.8 Å². The van der Waals surface area contributed by atoms with Crippen LogP contribution in [0.25, 0.3) is 42.3 Å². The Labute approximate surface area is 395 Å². The fraction of sp³-hybridized carbons (Fsp3) is 0.279. The molecule has 9 aromatic rings. The molecule has 2 aromatic heterocycles. The fourth-order valence-corrected chi connectivity index (χ4v) is 12.7. The van der Waals surface area contributed by atoms with E-state index in [1.165, 1.54) is 104 Å². The molecule has 2 aliphatic heterocycles. The molecule has 4 heterocycles. The van der Waals surface area contributed by atoms with Crippen LogP contribution >= 0.6 is 11.3 Å². The number of anilines is 6. The highest BCUT2D eigenvalue weighted by molar-refractivity contribution is 7.26. The summed E-state index contributed by atoms with van der Waals surface area (Å²) in [6, 6.07) is 51.4. The average Bonchev–Trinajstić information content (AvgIpc) is 3.84. The third-order valence-corrected chi connectivity index (χ3v) is 16.6. The molecule has 3 aliphatic rings. The third-order valence-electron chi connectivity index (χ3n) is 15.5. The summed E-state index contributed by atoms with van der Waals surface area (Å²) in [6.45, 7) is 25.7. The van der Waals surface area contributed by atoms with E-state index in [0.29, 0.717) is 0 Å². The molecule has 66 heavy (non-hydrogen) atoms. The number of nitrogens with zero attached hydrogens (tertiary/aromatic N) is 2. The first-order chi connectivity index (χ1) is 31.4. The molecule has 7 aromatic carbocycles. The standard InChI is InChI=1S/C61H59BN2OS/c1-36-29-50-55-51(30-36)64(48-26-23-39(59(5,6)7)31-42(48)37-17-13-12-14-18-37)49-33-43-41-19-15-16-20-53(41)66-54(43)35-47(49)62(55)57-56(63(50)40-24-21-38(22-25-40)58(2,3)4)44-32-45-46(34-52(44)65-57)61(10,11)28-27-60(45,8)9/h12-26,29-35H,27-28H2,1-11H3. The van der Waals surface area contributed by atoms with Crippen LogP contribution in [0.1, 0.15) is 110 Å². The third kappa shape index (κ3) is 6.14. The van der Waals surface area contributed by atoms with Gasteiger partial charge < -0.3 is 14.2 Å². The molecular weight excluding hydrogens is 820 g/mol. The molecule has 0 radical (unpaired) electrons. The first-order valence-corrected chi connectivity index (χ1v) is 24.8. The molecule has 1 aliphatic carbocycles. The van der Waals surface area contributed by atoms with Crippen molar-refractivity contribution in [1.82, 2.24) is 0 Å². The van der Waals surface area contributed by atoms with Gasteiger partial charge in [0, 0.05) is 53.9 Å². The lowest BCUT2D eigenvalue weighted by Crippen LogP contribution is -2.61. The fourth-order valence-electron chi connectivity index (χ4n) is 11.6. The van der Waals surface area contributed by atoms with E-state index in [2.05, 4.69) is 219 Å². The summed E-state index contributed by atoms with van der Waals surface area (Å²) in [7, 11) is 0. The first-order valence-electron chi connectivity index (χ1n) is 24.0. The van der Waals surface area contributed by atoms with Gasteiger partial charge in [-0.05, 0) is 152 Å². The largest absolute Gasteiger partial charge is 0.468 e. The van der Waals surface area contributed by atoms with Crippen molar-refractivity contribution < 1.29 is 4.42 Å². The Morgan fingerprint density at radius 1 is 0.561 bits per heavy atom. The van der Waals surface area contributed by atoms with Gasteiger partial charge in [-0.3, -0.25) is 0 Å². The Kier molecular flexibility index (Phi) is 8.78. The molecule has 0 N–H and O–H groups in total. The van der Waals surface area contributed by atoms with Gasteiger partial charge in [-0.25, -0.2) is 0 Å². The number of hydrogen-bond donors (Lipinski definition) is 0. The number of hydrogen-bond acceptors (Lipinski definition) is 4. The summed E-state index contributed by atoms with van der Waals surface area (Å²) in [4.78, 5) is 5.17. The van der Waals surface area contributed by atoms with Gasteiger partial charge in [-0.15, -0.1) is 11.3 Å². The molecule has 0 amide bonds. The van der Waals surface area contributed by atoms with Crippen LogP contribution in [0.2, 0.25) is 0 Å². The van der Waals surface area contributed by atoms with Crippen LogP contribution in [-0.2, 0) is 21.7 Å². The van der Waals surface area contributed by atoms with Crippen LogP contribution in [0, 0.1) is 6.92 Å². The van der Waals surface area contributed by atoms with Crippen molar-refractivity contribution in [3.63, 3.8) is 0 Å². The maximum Gasteiger partial charge on any atom is 0.297 e. The van der Waals surface area contributed by atoms with Crippen molar-refractivity contribution in [2.45, 2.75) is 111 Å². The number of rotatable bonds is 3. The molecule has 0 bridgehead atoms. The number of furan rings is 1. The quantitative estimate of drug-likeness (QED) is 0.165. The van der Waals surface area contributed by atoms with Crippen LogP contribution in [-0.4, -0.2) is 6.71 Å². The van der Waals surface area contributed by atoms with Gasteiger partial charge in [0.2, 0.25) is 0 Å². The molecule has 5 heteroatoms. The summed E-state index contributed by atoms with van der Waals surface area (Å²) in [5.41, 5.74) is 20.9. The van der Waals surface area contributed by atoms with Crippen molar-refractivity contribution in [3.05, 3.63) is 161 Å². The second-order valence-electron chi connectivity index (χ2n) is 22.9. The number of aryl methyl sites for hydroxylation is 1. The molecule has 3 nitrogen and oxygen atoms in total. The summed E-state index contributed by atoms with van der Waals surface area (Å²) < 4.78 is 10.2. The normalized spacial score (nSPS) is 16.1. The van der Waals surface area contributed by atoms with Crippen molar-refractivity contribution in [2.24, 2.45) is 0 Å². The van der Waals surface area contributed by atoms with Crippen LogP contribution in [0.15, 0.2) is 138 Å². The Hall–Kier alpha value is -6.04. The maximum absolute atomic E-state index is 7.59. The minimum atomic E-state index is -0.143. The lowest BCUT2D eigenvalue weighted by atomic mass is 9.35. The summed E-state index contributed by atoms with van der Waals surface area (Å²) in [5.74, 6) is 0. The summed E-state index contributed by atoms with van der Waals surface area (Å²) in [5, 5.41) is 3.79. The van der Waals surface area contributed by atoms with Crippen LogP contribution in [0.3, 0.4) is 0 Å². The Balaban J connectivity index is 1.22. The smallest absolute Gasteiger partial charge is 0.297 e. The SMILES string of the molecule is Cc1cc2c3c(c1)N(c1ccc(C(C)(C)C)cc1)c1c(oc4cc5c(cc14)C(C)(C)CCC5(C)C)B3c1cc3sc4ccccc4c3cc1N2c1ccc(C(C)(C)C)cc1-c1ccccc1. The van der Waals surface area contributed by atoms with E-state index in [-0.39, 0.29) is 28.4 Å². The topological polar surface area (TPSA) is 19.6 Å². The lowest BCUT2D eigenvalue weighted by Gasteiger charge is -2.43. The molecule has 0 spiro atoms. The maximum atomic E-state index is 7.59. The molecule has 0 fully saturated rings. The zero-order valence-electron chi connectivity index (χ0n) is 40.4. The predicted molar refractivity (Wildman–Crippen MR) is 286 cm³/mol. The number of thiophene rings is 1. The van der Waals surface area contributed by atoms with Gasteiger partial charge in [-0.1, -0.05) is 136 Å². The van der Waals surface area contributed by atoms with Gasteiger partial charge in [-0.2, -0.15) is 0 Å². The van der Waals surface area contributed by atoms with E-state index in [4.69, 9.17) is 4.42 Å². The van der Waals surface area contributed by atoms with Crippen LogP contribution < -0.4 is 26.4 Å². The van der Waals surface area contributed by atoms with Gasteiger partial charge >= 0.3 is 0 Å². The van der Waals surface area contributed by atoms with E-state index < -0.39 is 0 Å². The van der Waals surface area contributed by atoms with Gasteiger partial charge in [0.15, 0.2) is 0 Å². The second-order valence-corrected chi connectivity index (χ2v) is 24.0. The Bertz CT molecular complexity index is 3470. The van der Waals surface area contributed by atoms with Gasteiger partial charge in [0.1, 0.15) is 5.58 Å². The van der Waals surface area contributed by atoms with Crippen LogP contribution in [0.4, 0.5) is 34.1 Å². The number of fused-ring (bicyclic) bond motifs is 10. The molecule has 0 saturated carbocycles. The highest BCUT2D eigenvalue weighted by Crippen LogP contribution is 2.53. The molecule has 0 saturated heterocycles. The minimum Gasteiger partial charge on any atom is -0.468 e. The van der Waals surface area contributed by atoms with Crippen molar-refractivity contribution in [3.8, 4) is 11.1 Å². The zero-order valence-corrected chi connectivity index (χ0v) is 41.2. The minimum absolute atomic E-state index is 0.0262. The summed E-state index contributed by atoms with van der Waals surface area (Å²) in [6.07, 6.45) is 2.30. The van der Waals surface area contributed by atoms with Gasteiger partial charge in [0.05, 0.1) is 17.0 Å². The number of benzene rings is 7. The highest BCUT2D eigenvalue weighted by atomic mass is 32.1. The van der Waals surface area contributed by atoms with Crippen molar-refractivity contribution in [1.29, 1.82) is 0 Å². The van der Waals surface area contributed by atoms with E-state index in [1.807, 2.05) is 11.3 Å². The summed E-state index contributed by atoms with van der Waals surface area (Å²) >= 11 is 1.90. The highest BCUT2D eigenvalue weighted by Gasteiger charge is 2.48. The van der Waals surface area contributed by atoms with Gasteiger partial charge in [0.25, 0.3) is 6.71 Å². The molecule has 12 rings (SSSR count). The predicted octanol–water partition coefficient (Wildman–Crippen LogP) is 15.8. The van der Waals surface area contributed by atoms with E-state index in [1.54, 1.807) is 0 Å². The Morgan fingerprint density at radius 3 is 1.89 bits per heavy atom. The monoisotopic (exact) mass is 878 g/mol. The molecular formula is C61H59BN2OS. The molecule has 0 atom stereocenters. The Morgan fingerprint density at radius 2 is 1.20 bits per heavy atom. The molecule has 0 unspecified atom stereocenters. The van der Waals surface area contributed by atoms with Crippen molar-refractivity contribution >= 4 is 99.9 Å². The molecule has 328 valence electrons. The first kappa shape index (κ1) is 41.4. The second kappa shape index (κ2) is 14.0. The zero-order chi connectivity index (χ0) is 45.8. The van der Waals surface area contributed by atoms with E-state index in [9.17, 15) is 0 Å². The van der Waals surface area contributed by atoms with Crippen molar-refractivity contribution in [2.75, 3.05) is 9.80 Å². The van der Waals surface area contributed by atoms with E-state index >= 15 is 0 Å². The average molecular weight is 879 g/mol. The lowest BCUT2D eigenvalue weighted by molar-refractivity contribution is 0.332.